The van der Waals surface area contributed by atoms with E-state index in [0.29, 0.717) is 6.54 Å². The van der Waals surface area contributed by atoms with E-state index >= 15 is 0 Å². The molecule has 0 amide bonds. The van der Waals surface area contributed by atoms with E-state index in [4.69, 9.17) is 0 Å². The summed E-state index contributed by atoms with van der Waals surface area (Å²) < 4.78 is 0. The second-order valence-corrected chi connectivity index (χ2v) is 5.34. The van der Waals surface area contributed by atoms with Crippen LogP contribution in [0.2, 0.25) is 0 Å². The number of nitrogens with zero attached hydrogens (tertiary/aromatic N) is 1. The molecule has 2 N–H and O–H groups in total. The molecule has 0 saturated carbocycles. The zero-order valence-electron chi connectivity index (χ0n) is 10.7. The van der Waals surface area contributed by atoms with Crippen LogP contribution in [0.25, 0.3) is 10.9 Å². The highest BCUT2D eigenvalue weighted by Crippen LogP contribution is 2.19. The summed E-state index contributed by atoms with van der Waals surface area (Å²) >= 11 is 0. The fraction of sp³-hybridized carbons (Fsp3) is 0.429. The van der Waals surface area contributed by atoms with Gasteiger partial charge in [0.05, 0.1) is 5.60 Å². The Morgan fingerprint density at radius 2 is 2.06 bits per heavy atom. The number of hydrogen-bond donors (Lipinski definition) is 2. The van der Waals surface area contributed by atoms with Gasteiger partial charge in [0.25, 0.3) is 0 Å². The molecule has 0 atom stereocenters. The zero-order chi connectivity index (χ0) is 12.5. The maximum Gasteiger partial charge on any atom is 0.0718 e. The molecule has 17 heavy (non-hydrogen) atoms. The Hall–Kier alpha value is -1.32. The van der Waals surface area contributed by atoms with Crippen LogP contribution in [0.4, 0.5) is 0 Å². The third kappa shape index (κ3) is 3.08. The molecule has 92 valence electrons. The van der Waals surface area contributed by atoms with Crippen molar-refractivity contribution in [2.75, 3.05) is 13.6 Å². The summed E-state index contributed by atoms with van der Waals surface area (Å²) in [7, 11) is 2.03. The molecule has 0 spiro atoms. The van der Waals surface area contributed by atoms with Gasteiger partial charge >= 0.3 is 0 Å². The lowest BCUT2D eigenvalue weighted by atomic mass is 10.1. The van der Waals surface area contributed by atoms with Gasteiger partial charge < -0.3 is 10.1 Å². The Morgan fingerprint density at radius 3 is 2.76 bits per heavy atom. The van der Waals surface area contributed by atoms with Crippen molar-refractivity contribution < 1.29 is 5.11 Å². The van der Waals surface area contributed by atoms with Crippen LogP contribution in [-0.2, 0) is 6.54 Å². The highest BCUT2D eigenvalue weighted by atomic mass is 16.3. The molecule has 3 nitrogen and oxygen atoms in total. The number of nitrogens with one attached hydrogen (secondary N) is 1. The number of aromatic amines is 1. The van der Waals surface area contributed by atoms with Crippen molar-refractivity contribution in [2.24, 2.45) is 0 Å². The van der Waals surface area contributed by atoms with E-state index in [1.807, 2.05) is 27.1 Å². The molecular formula is C14H20N2O. The van der Waals surface area contributed by atoms with E-state index in [-0.39, 0.29) is 0 Å². The summed E-state index contributed by atoms with van der Waals surface area (Å²) in [4.78, 5) is 5.35. The molecule has 0 fully saturated rings. The molecule has 0 aliphatic rings. The molecule has 1 heterocycles. The summed E-state index contributed by atoms with van der Waals surface area (Å²) in [5.41, 5.74) is 1.80. The van der Waals surface area contributed by atoms with Gasteiger partial charge in [-0.05, 0) is 38.6 Å². The van der Waals surface area contributed by atoms with Crippen LogP contribution in [0, 0.1) is 0 Å². The molecule has 0 aliphatic heterocycles. The standard InChI is InChI=1S/C14H20N2O/c1-14(2,17)10-16(3)9-11-5-4-6-13-12(11)7-8-15-13/h4-8,15,17H,9-10H2,1-3H3. The number of likely N-dealkylation sites (N-methyl/N-ethyl adjacent to an activating group) is 1. The largest absolute Gasteiger partial charge is 0.389 e. The molecular weight excluding hydrogens is 212 g/mol. The third-order valence-electron chi connectivity index (χ3n) is 2.78. The minimum atomic E-state index is -0.652. The van der Waals surface area contributed by atoms with Crippen LogP contribution in [0.1, 0.15) is 19.4 Å². The lowest BCUT2D eigenvalue weighted by molar-refractivity contribution is 0.0426. The number of benzene rings is 1. The third-order valence-corrected chi connectivity index (χ3v) is 2.78. The molecule has 2 aromatic rings. The van der Waals surface area contributed by atoms with Crippen LogP contribution in [0.3, 0.4) is 0 Å². The van der Waals surface area contributed by atoms with Gasteiger partial charge in [0.2, 0.25) is 0 Å². The quantitative estimate of drug-likeness (QED) is 0.849. The van der Waals surface area contributed by atoms with Gasteiger partial charge in [-0.1, -0.05) is 12.1 Å². The first-order chi connectivity index (χ1) is 7.96. The Bertz CT molecular complexity index is 496. The minimum Gasteiger partial charge on any atom is -0.389 e. The number of H-pyrrole nitrogens is 1. The maximum absolute atomic E-state index is 9.79. The van der Waals surface area contributed by atoms with Crippen molar-refractivity contribution in [3.63, 3.8) is 0 Å². The average Bonchev–Trinajstić information content (AvgIpc) is 2.63. The minimum absolute atomic E-state index is 0.652. The maximum atomic E-state index is 9.79. The SMILES string of the molecule is CN(Cc1cccc2[nH]ccc12)CC(C)(C)O. The van der Waals surface area contributed by atoms with Crippen molar-refractivity contribution in [1.82, 2.24) is 9.88 Å². The first-order valence-corrected chi connectivity index (χ1v) is 5.92. The number of aromatic nitrogens is 1. The van der Waals surface area contributed by atoms with Gasteiger partial charge in [-0.3, -0.25) is 4.90 Å². The molecule has 0 radical (unpaired) electrons. The van der Waals surface area contributed by atoms with E-state index < -0.39 is 5.60 Å². The summed E-state index contributed by atoms with van der Waals surface area (Å²) in [6.07, 6.45) is 1.96. The van der Waals surface area contributed by atoms with Gasteiger partial charge in [-0.15, -0.1) is 0 Å². The molecule has 0 bridgehead atoms. The second kappa shape index (κ2) is 4.51. The van der Waals surface area contributed by atoms with Crippen LogP contribution in [-0.4, -0.2) is 34.2 Å². The van der Waals surface area contributed by atoms with Crippen molar-refractivity contribution >= 4 is 10.9 Å². The molecule has 1 aromatic heterocycles. The monoisotopic (exact) mass is 232 g/mol. The first-order valence-electron chi connectivity index (χ1n) is 5.92. The van der Waals surface area contributed by atoms with Crippen molar-refractivity contribution in [2.45, 2.75) is 26.0 Å². The molecule has 0 aliphatic carbocycles. The molecule has 2 rings (SSSR count). The summed E-state index contributed by atoms with van der Waals surface area (Å²) in [6.45, 7) is 5.17. The fourth-order valence-electron chi connectivity index (χ4n) is 2.30. The van der Waals surface area contributed by atoms with Crippen LogP contribution in [0.5, 0.6) is 0 Å². The molecule has 0 saturated heterocycles. The van der Waals surface area contributed by atoms with Gasteiger partial charge in [0.15, 0.2) is 0 Å². The average molecular weight is 232 g/mol. The van der Waals surface area contributed by atoms with E-state index in [9.17, 15) is 5.11 Å². The number of fused-ring (bicyclic) bond motifs is 1. The van der Waals surface area contributed by atoms with Gasteiger partial charge in [0, 0.05) is 30.2 Å². The smallest absolute Gasteiger partial charge is 0.0718 e. The molecule has 3 heteroatoms. The van der Waals surface area contributed by atoms with Crippen LogP contribution < -0.4 is 0 Å². The van der Waals surface area contributed by atoms with Crippen LogP contribution >= 0.6 is 0 Å². The van der Waals surface area contributed by atoms with E-state index in [0.717, 1.165) is 6.54 Å². The second-order valence-electron chi connectivity index (χ2n) is 5.34. The van der Waals surface area contributed by atoms with E-state index in [2.05, 4.69) is 34.1 Å². The van der Waals surface area contributed by atoms with Gasteiger partial charge in [-0.25, -0.2) is 0 Å². The zero-order valence-corrected chi connectivity index (χ0v) is 10.7. The van der Waals surface area contributed by atoms with Gasteiger partial charge in [-0.2, -0.15) is 0 Å². The Kier molecular flexibility index (Phi) is 3.22. The van der Waals surface area contributed by atoms with Gasteiger partial charge in [0.1, 0.15) is 0 Å². The van der Waals surface area contributed by atoms with E-state index in [1.165, 1.54) is 16.5 Å². The topological polar surface area (TPSA) is 39.3 Å². The lowest BCUT2D eigenvalue weighted by Crippen LogP contribution is -2.35. The number of aliphatic hydroxyl groups is 1. The summed E-state index contributed by atoms with van der Waals surface area (Å²) in [5.74, 6) is 0. The summed E-state index contributed by atoms with van der Waals surface area (Å²) in [6, 6.07) is 8.38. The number of hydrogen-bond acceptors (Lipinski definition) is 2. The predicted octanol–water partition coefficient (Wildman–Crippen LogP) is 2.37. The Labute approximate surface area is 102 Å². The normalized spacial score (nSPS) is 12.5. The van der Waals surface area contributed by atoms with Crippen molar-refractivity contribution in [3.8, 4) is 0 Å². The summed E-state index contributed by atoms with van der Waals surface area (Å²) in [5, 5.41) is 11.1. The Balaban J connectivity index is 2.15. The molecule has 1 aromatic carbocycles. The highest BCUT2D eigenvalue weighted by molar-refractivity contribution is 5.82. The lowest BCUT2D eigenvalue weighted by Gasteiger charge is -2.25. The van der Waals surface area contributed by atoms with Crippen LogP contribution in [0.15, 0.2) is 30.5 Å². The first kappa shape index (κ1) is 12.1. The fourth-order valence-corrected chi connectivity index (χ4v) is 2.30. The van der Waals surface area contributed by atoms with E-state index in [1.54, 1.807) is 0 Å². The predicted molar refractivity (Wildman–Crippen MR) is 70.9 cm³/mol. The van der Waals surface area contributed by atoms with Crippen molar-refractivity contribution in [3.05, 3.63) is 36.0 Å². The van der Waals surface area contributed by atoms with Crippen molar-refractivity contribution in [1.29, 1.82) is 0 Å². The number of rotatable bonds is 4. The Morgan fingerprint density at radius 1 is 1.29 bits per heavy atom. The highest BCUT2D eigenvalue weighted by Gasteiger charge is 2.16. The molecule has 0 unspecified atom stereocenters.